The van der Waals surface area contributed by atoms with Crippen molar-refractivity contribution in [3.8, 4) is 0 Å². The summed E-state index contributed by atoms with van der Waals surface area (Å²) in [6.07, 6.45) is 2.28. The van der Waals surface area contributed by atoms with E-state index in [2.05, 4.69) is 33.1 Å². The van der Waals surface area contributed by atoms with Crippen LogP contribution in [0.5, 0.6) is 0 Å². The van der Waals surface area contributed by atoms with E-state index in [0.29, 0.717) is 10.1 Å². The lowest BCUT2D eigenvalue weighted by Crippen LogP contribution is -2.32. The summed E-state index contributed by atoms with van der Waals surface area (Å²) >= 11 is 0. The summed E-state index contributed by atoms with van der Waals surface area (Å²) in [5.41, 5.74) is 3.89. The number of nitrogens with zero attached hydrogens (tertiary/aromatic N) is 4. The van der Waals surface area contributed by atoms with E-state index in [9.17, 15) is 10.0 Å². The van der Waals surface area contributed by atoms with Crippen molar-refractivity contribution in [2.75, 3.05) is 11.4 Å². The first kappa shape index (κ1) is 13.8. The number of fused-ring (bicyclic) bond motifs is 2. The van der Waals surface area contributed by atoms with E-state index in [1.54, 1.807) is 0 Å². The highest BCUT2D eigenvalue weighted by Crippen LogP contribution is 2.30. The zero-order valence-corrected chi connectivity index (χ0v) is 12.7. The Hall–Kier alpha value is -2.89. The molecule has 0 saturated carbocycles. The third-order valence-corrected chi connectivity index (χ3v) is 4.41. The molecule has 0 atom stereocenters. The SMILES string of the molecule is Cc1ncnc2c1c(N1CCc3ccccc3C1)cc(=O)n2O. The molecule has 3 heterocycles. The topological polar surface area (TPSA) is 71.2 Å². The molecule has 6 nitrogen and oxygen atoms in total. The predicted octanol–water partition coefficient (Wildman–Crippen LogP) is 1.90. The van der Waals surface area contributed by atoms with Crippen LogP contribution in [0.1, 0.15) is 16.8 Å². The van der Waals surface area contributed by atoms with Crippen LogP contribution in [0.4, 0.5) is 5.69 Å². The van der Waals surface area contributed by atoms with Gasteiger partial charge >= 0.3 is 0 Å². The van der Waals surface area contributed by atoms with Crippen LogP contribution >= 0.6 is 0 Å². The van der Waals surface area contributed by atoms with Gasteiger partial charge in [0.25, 0.3) is 5.56 Å². The summed E-state index contributed by atoms with van der Waals surface area (Å²) < 4.78 is 0.589. The van der Waals surface area contributed by atoms with Crippen LogP contribution in [0.2, 0.25) is 0 Å². The summed E-state index contributed by atoms with van der Waals surface area (Å²) in [4.78, 5) is 22.5. The van der Waals surface area contributed by atoms with Gasteiger partial charge in [0.05, 0.1) is 16.8 Å². The van der Waals surface area contributed by atoms with Crippen LogP contribution < -0.4 is 10.5 Å². The van der Waals surface area contributed by atoms with Gasteiger partial charge in [0.2, 0.25) is 0 Å². The summed E-state index contributed by atoms with van der Waals surface area (Å²) in [6.45, 7) is 3.40. The van der Waals surface area contributed by atoms with E-state index in [0.717, 1.165) is 30.9 Å². The van der Waals surface area contributed by atoms with Gasteiger partial charge in [0.15, 0.2) is 5.65 Å². The second-order valence-corrected chi connectivity index (χ2v) is 5.78. The predicted molar refractivity (Wildman–Crippen MR) is 86.9 cm³/mol. The van der Waals surface area contributed by atoms with Gasteiger partial charge in [-0.25, -0.2) is 9.97 Å². The molecule has 116 valence electrons. The van der Waals surface area contributed by atoms with Gasteiger partial charge in [-0.1, -0.05) is 24.3 Å². The number of aromatic nitrogens is 3. The quantitative estimate of drug-likeness (QED) is 0.695. The Labute approximate surface area is 132 Å². The molecular formula is C17H16N4O2. The van der Waals surface area contributed by atoms with Gasteiger partial charge in [-0.2, -0.15) is 0 Å². The number of benzene rings is 1. The van der Waals surface area contributed by atoms with Crippen molar-refractivity contribution in [2.45, 2.75) is 19.9 Å². The lowest BCUT2D eigenvalue weighted by atomic mass is 9.99. The van der Waals surface area contributed by atoms with E-state index in [1.807, 2.05) is 13.0 Å². The minimum absolute atomic E-state index is 0.249. The van der Waals surface area contributed by atoms with Gasteiger partial charge in [-0.05, 0) is 24.5 Å². The molecule has 0 fully saturated rings. The van der Waals surface area contributed by atoms with Crippen LogP contribution in [-0.2, 0) is 13.0 Å². The lowest BCUT2D eigenvalue weighted by Gasteiger charge is -2.31. The highest BCUT2D eigenvalue weighted by Gasteiger charge is 2.21. The van der Waals surface area contributed by atoms with Gasteiger partial charge in [-0.3, -0.25) is 4.79 Å². The molecule has 3 aromatic rings. The van der Waals surface area contributed by atoms with Crippen molar-refractivity contribution in [1.82, 2.24) is 14.7 Å². The Morgan fingerprint density at radius 2 is 1.96 bits per heavy atom. The summed E-state index contributed by atoms with van der Waals surface area (Å²) in [5, 5.41) is 10.7. The fourth-order valence-electron chi connectivity index (χ4n) is 3.23. The highest BCUT2D eigenvalue weighted by atomic mass is 16.5. The van der Waals surface area contributed by atoms with Crippen LogP contribution in [0.25, 0.3) is 11.0 Å². The molecule has 0 aliphatic carbocycles. The van der Waals surface area contributed by atoms with Gasteiger partial charge in [0, 0.05) is 19.2 Å². The molecule has 6 heteroatoms. The molecule has 1 aliphatic heterocycles. The number of pyridine rings is 1. The van der Waals surface area contributed by atoms with Crippen LogP contribution in [-0.4, -0.2) is 26.5 Å². The maximum atomic E-state index is 12.1. The molecule has 23 heavy (non-hydrogen) atoms. The largest absolute Gasteiger partial charge is 0.423 e. The molecule has 0 saturated heterocycles. The van der Waals surface area contributed by atoms with Crippen LogP contribution in [0.3, 0.4) is 0 Å². The standard InChI is InChI=1S/C17H16N4O2/c1-11-16-14(8-15(22)21(23)17(16)19-10-18-11)20-7-6-12-4-2-3-5-13(12)9-20/h2-5,8,10,23H,6-7,9H2,1H3. The molecule has 0 amide bonds. The molecule has 4 rings (SSSR count). The smallest absolute Gasteiger partial charge is 0.286 e. The Kier molecular flexibility index (Phi) is 3.04. The van der Waals surface area contributed by atoms with E-state index in [1.165, 1.54) is 23.5 Å². The monoisotopic (exact) mass is 308 g/mol. The van der Waals surface area contributed by atoms with Gasteiger partial charge in [0.1, 0.15) is 6.33 Å². The summed E-state index contributed by atoms with van der Waals surface area (Å²) in [6, 6.07) is 9.80. The highest BCUT2D eigenvalue weighted by molar-refractivity contribution is 5.91. The van der Waals surface area contributed by atoms with E-state index < -0.39 is 5.56 Å². The average Bonchev–Trinajstić information content (AvgIpc) is 2.58. The molecule has 0 radical (unpaired) electrons. The van der Waals surface area contributed by atoms with Crippen molar-refractivity contribution in [3.05, 3.63) is 63.8 Å². The first-order valence-corrected chi connectivity index (χ1v) is 7.53. The van der Waals surface area contributed by atoms with E-state index in [-0.39, 0.29) is 5.65 Å². The maximum Gasteiger partial charge on any atom is 0.286 e. The van der Waals surface area contributed by atoms with Gasteiger partial charge < -0.3 is 10.1 Å². The minimum atomic E-state index is -0.482. The summed E-state index contributed by atoms with van der Waals surface area (Å²) in [7, 11) is 0. The number of hydrogen-bond acceptors (Lipinski definition) is 5. The number of rotatable bonds is 1. The average molecular weight is 308 g/mol. The molecule has 2 aromatic heterocycles. The van der Waals surface area contributed by atoms with Gasteiger partial charge in [-0.15, -0.1) is 4.73 Å². The molecule has 1 N–H and O–H groups in total. The summed E-state index contributed by atoms with van der Waals surface area (Å²) in [5.74, 6) is 0. The molecule has 0 spiro atoms. The molecule has 0 bridgehead atoms. The Morgan fingerprint density at radius 3 is 2.78 bits per heavy atom. The number of aryl methyl sites for hydroxylation is 1. The van der Waals surface area contributed by atoms with E-state index >= 15 is 0 Å². The van der Waals surface area contributed by atoms with Crippen molar-refractivity contribution in [1.29, 1.82) is 0 Å². The normalized spacial score (nSPS) is 14.0. The molecular weight excluding hydrogens is 292 g/mol. The van der Waals surface area contributed by atoms with Crippen molar-refractivity contribution in [3.63, 3.8) is 0 Å². The van der Waals surface area contributed by atoms with Crippen molar-refractivity contribution >= 4 is 16.7 Å². The maximum absolute atomic E-state index is 12.1. The van der Waals surface area contributed by atoms with E-state index in [4.69, 9.17) is 0 Å². The molecule has 1 aliphatic rings. The Bertz CT molecular complexity index is 964. The first-order valence-electron chi connectivity index (χ1n) is 7.53. The first-order chi connectivity index (χ1) is 11.1. The third kappa shape index (κ3) is 2.14. The number of anilines is 1. The third-order valence-electron chi connectivity index (χ3n) is 4.41. The minimum Gasteiger partial charge on any atom is -0.423 e. The fourth-order valence-corrected chi connectivity index (χ4v) is 3.23. The fraction of sp³-hybridized carbons (Fsp3) is 0.235. The Morgan fingerprint density at radius 1 is 1.17 bits per heavy atom. The zero-order valence-electron chi connectivity index (χ0n) is 12.7. The van der Waals surface area contributed by atoms with Crippen LogP contribution in [0, 0.1) is 6.92 Å². The molecule has 1 aromatic carbocycles. The van der Waals surface area contributed by atoms with Crippen LogP contribution in [0.15, 0.2) is 41.5 Å². The molecule has 0 unspecified atom stereocenters. The Balaban J connectivity index is 1.90. The number of hydrogen-bond donors (Lipinski definition) is 1. The van der Waals surface area contributed by atoms with Crippen molar-refractivity contribution in [2.24, 2.45) is 0 Å². The zero-order chi connectivity index (χ0) is 16.0. The lowest BCUT2D eigenvalue weighted by molar-refractivity contribution is 0.186. The second kappa shape index (κ2) is 5.08. The van der Waals surface area contributed by atoms with Crippen molar-refractivity contribution < 1.29 is 5.21 Å². The second-order valence-electron chi connectivity index (χ2n) is 5.78.